The molecule has 2 amide bonds. The lowest BCUT2D eigenvalue weighted by atomic mass is 10.2. The Morgan fingerprint density at radius 1 is 1.00 bits per heavy atom. The van der Waals surface area contributed by atoms with Gasteiger partial charge in [0.05, 0.1) is 25.9 Å². The zero-order chi connectivity index (χ0) is 22.3. The number of anilines is 3. The standard InChI is InChI=1S/C22H22N6O4/c1-30-17-10-15-16(11-18(17)31-2)25-13-26-21(15)23-9-8-19-24-12-20(32-19)28-22(29)27-14-6-4-3-5-7-14/h3-7,10-13H,8-9H2,1-2H3,(H,23,25,26)(H2,27,28,29). The lowest BCUT2D eigenvalue weighted by Crippen LogP contribution is -2.18. The molecule has 0 aliphatic carbocycles. The third kappa shape index (κ3) is 4.86. The van der Waals surface area contributed by atoms with E-state index >= 15 is 0 Å². The van der Waals surface area contributed by atoms with Gasteiger partial charge in [0.1, 0.15) is 12.1 Å². The highest BCUT2D eigenvalue weighted by atomic mass is 16.5. The van der Waals surface area contributed by atoms with Crippen LogP contribution < -0.4 is 25.4 Å². The molecule has 0 saturated heterocycles. The van der Waals surface area contributed by atoms with E-state index in [1.807, 2.05) is 24.3 Å². The van der Waals surface area contributed by atoms with Gasteiger partial charge in [0.2, 0.25) is 5.88 Å². The normalized spacial score (nSPS) is 10.6. The van der Waals surface area contributed by atoms with Gasteiger partial charge < -0.3 is 24.5 Å². The Kier molecular flexibility index (Phi) is 6.30. The highest BCUT2D eigenvalue weighted by molar-refractivity contribution is 5.98. The SMILES string of the molecule is COc1cc2ncnc(NCCc3ncc(NC(=O)Nc4ccccc4)o3)c2cc1OC. The lowest BCUT2D eigenvalue weighted by molar-refractivity contribution is 0.261. The number of rotatable bonds is 8. The van der Waals surface area contributed by atoms with E-state index in [0.717, 1.165) is 10.9 Å². The van der Waals surface area contributed by atoms with E-state index in [0.29, 0.717) is 41.9 Å². The molecule has 10 heteroatoms. The van der Waals surface area contributed by atoms with Gasteiger partial charge in [-0.1, -0.05) is 18.2 Å². The van der Waals surface area contributed by atoms with Gasteiger partial charge in [-0.05, 0) is 18.2 Å². The topological polar surface area (TPSA) is 123 Å². The molecule has 0 bridgehead atoms. The molecule has 4 aromatic rings. The minimum Gasteiger partial charge on any atom is -0.493 e. The Morgan fingerprint density at radius 3 is 2.56 bits per heavy atom. The van der Waals surface area contributed by atoms with Crippen molar-refractivity contribution in [2.45, 2.75) is 6.42 Å². The molecule has 0 spiro atoms. The average Bonchev–Trinajstić information content (AvgIpc) is 3.25. The largest absolute Gasteiger partial charge is 0.493 e. The molecular weight excluding hydrogens is 412 g/mol. The van der Waals surface area contributed by atoms with E-state index in [9.17, 15) is 4.79 Å². The number of methoxy groups -OCH3 is 2. The molecule has 0 radical (unpaired) electrons. The first-order chi connectivity index (χ1) is 15.7. The second-order valence-corrected chi connectivity index (χ2v) is 6.69. The summed E-state index contributed by atoms with van der Waals surface area (Å²) in [6, 6.07) is 12.3. The van der Waals surface area contributed by atoms with Crippen LogP contribution >= 0.6 is 0 Å². The zero-order valence-electron chi connectivity index (χ0n) is 17.6. The number of fused-ring (bicyclic) bond motifs is 1. The molecule has 164 valence electrons. The average molecular weight is 434 g/mol. The zero-order valence-corrected chi connectivity index (χ0v) is 17.6. The van der Waals surface area contributed by atoms with Crippen molar-refractivity contribution in [1.82, 2.24) is 15.0 Å². The van der Waals surface area contributed by atoms with Crippen molar-refractivity contribution in [2.24, 2.45) is 0 Å². The van der Waals surface area contributed by atoms with Crippen LogP contribution in [0.1, 0.15) is 5.89 Å². The molecule has 0 aliphatic rings. The number of urea groups is 1. The number of nitrogens with zero attached hydrogens (tertiary/aromatic N) is 3. The fourth-order valence-corrected chi connectivity index (χ4v) is 3.09. The Bertz CT molecular complexity index is 1210. The van der Waals surface area contributed by atoms with Gasteiger partial charge >= 0.3 is 6.03 Å². The molecule has 0 aliphatic heterocycles. The van der Waals surface area contributed by atoms with Crippen LogP contribution in [-0.2, 0) is 6.42 Å². The number of benzene rings is 2. The summed E-state index contributed by atoms with van der Waals surface area (Å²) in [7, 11) is 3.16. The molecular formula is C22H22N6O4. The number of aromatic nitrogens is 3. The minimum absolute atomic E-state index is 0.262. The predicted molar refractivity (Wildman–Crippen MR) is 120 cm³/mol. The second kappa shape index (κ2) is 9.65. The Labute approximate surface area is 184 Å². The summed E-state index contributed by atoms with van der Waals surface area (Å²) in [5.41, 5.74) is 1.41. The fourth-order valence-electron chi connectivity index (χ4n) is 3.09. The van der Waals surface area contributed by atoms with Gasteiger partial charge in [-0.2, -0.15) is 0 Å². The van der Waals surface area contributed by atoms with Crippen molar-refractivity contribution in [3.8, 4) is 11.5 Å². The van der Waals surface area contributed by atoms with E-state index in [4.69, 9.17) is 13.9 Å². The monoisotopic (exact) mass is 434 g/mol. The maximum Gasteiger partial charge on any atom is 0.326 e. The van der Waals surface area contributed by atoms with Gasteiger partial charge in [-0.3, -0.25) is 5.32 Å². The van der Waals surface area contributed by atoms with Gasteiger partial charge in [-0.15, -0.1) is 0 Å². The molecule has 0 unspecified atom stereocenters. The highest BCUT2D eigenvalue weighted by Gasteiger charge is 2.12. The van der Waals surface area contributed by atoms with Crippen LogP contribution in [0.4, 0.5) is 22.2 Å². The van der Waals surface area contributed by atoms with Crippen molar-refractivity contribution >= 4 is 34.3 Å². The fraction of sp³-hybridized carbons (Fsp3) is 0.182. The third-order valence-corrected chi connectivity index (χ3v) is 4.59. The number of para-hydroxylation sites is 1. The van der Waals surface area contributed by atoms with E-state index in [1.165, 1.54) is 12.5 Å². The molecule has 0 atom stereocenters. The summed E-state index contributed by atoms with van der Waals surface area (Å²) in [5, 5.41) is 9.40. The quantitative estimate of drug-likeness (QED) is 0.381. The van der Waals surface area contributed by atoms with Crippen molar-refractivity contribution in [2.75, 3.05) is 36.7 Å². The van der Waals surface area contributed by atoms with Crippen molar-refractivity contribution in [3.63, 3.8) is 0 Å². The third-order valence-electron chi connectivity index (χ3n) is 4.59. The predicted octanol–water partition coefficient (Wildman–Crippen LogP) is 3.93. The van der Waals surface area contributed by atoms with Crippen LogP contribution in [0.3, 0.4) is 0 Å². The first-order valence-electron chi connectivity index (χ1n) is 9.84. The molecule has 2 heterocycles. The highest BCUT2D eigenvalue weighted by Crippen LogP contribution is 2.33. The molecule has 0 fully saturated rings. The first-order valence-corrected chi connectivity index (χ1v) is 9.84. The number of hydrogen-bond donors (Lipinski definition) is 3. The number of nitrogens with one attached hydrogen (secondary N) is 3. The molecule has 4 rings (SSSR count). The molecule has 2 aromatic heterocycles. The van der Waals surface area contributed by atoms with E-state index in [-0.39, 0.29) is 5.88 Å². The van der Waals surface area contributed by atoms with Crippen LogP contribution in [0.15, 0.2) is 59.4 Å². The van der Waals surface area contributed by atoms with Gasteiger partial charge in [-0.25, -0.2) is 19.7 Å². The summed E-state index contributed by atoms with van der Waals surface area (Å²) in [5.74, 6) is 2.58. The smallest absolute Gasteiger partial charge is 0.326 e. The van der Waals surface area contributed by atoms with Crippen molar-refractivity contribution in [1.29, 1.82) is 0 Å². The summed E-state index contributed by atoms with van der Waals surface area (Å²) in [4.78, 5) is 24.9. The van der Waals surface area contributed by atoms with Gasteiger partial charge in [0, 0.05) is 30.1 Å². The number of hydrogen-bond acceptors (Lipinski definition) is 8. The van der Waals surface area contributed by atoms with Crippen LogP contribution in [0.5, 0.6) is 11.5 Å². The van der Waals surface area contributed by atoms with Crippen LogP contribution in [0, 0.1) is 0 Å². The lowest BCUT2D eigenvalue weighted by Gasteiger charge is -2.11. The van der Waals surface area contributed by atoms with E-state index in [2.05, 4.69) is 30.9 Å². The van der Waals surface area contributed by atoms with Crippen molar-refractivity contribution < 1.29 is 18.7 Å². The maximum absolute atomic E-state index is 12.1. The minimum atomic E-state index is -0.408. The Morgan fingerprint density at radius 2 is 1.78 bits per heavy atom. The van der Waals surface area contributed by atoms with E-state index < -0.39 is 6.03 Å². The number of amides is 2. The molecule has 10 nitrogen and oxygen atoms in total. The van der Waals surface area contributed by atoms with E-state index in [1.54, 1.807) is 32.4 Å². The van der Waals surface area contributed by atoms with Gasteiger partial charge in [0.25, 0.3) is 0 Å². The second-order valence-electron chi connectivity index (χ2n) is 6.69. The molecule has 3 N–H and O–H groups in total. The van der Waals surface area contributed by atoms with Crippen molar-refractivity contribution in [3.05, 3.63) is 60.9 Å². The Hall–Kier alpha value is -4.34. The molecule has 2 aromatic carbocycles. The van der Waals surface area contributed by atoms with Crippen LogP contribution in [0.2, 0.25) is 0 Å². The number of ether oxygens (including phenoxy) is 2. The Balaban J connectivity index is 1.35. The van der Waals surface area contributed by atoms with Crippen LogP contribution in [-0.4, -0.2) is 41.7 Å². The summed E-state index contributed by atoms with van der Waals surface area (Å²) < 4.78 is 16.3. The maximum atomic E-state index is 12.1. The number of carbonyl (C=O) groups excluding carboxylic acids is 1. The summed E-state index contributed by atoms with van der Waals surface area (Å²) in [6.07, 6.45) is 3.44. The molecule has 32 heavy (non-hydrogen) atoms. The summed E-state index contributed by atoms with van der Waals surface area (Å²) >= 11 is 0. The first kappa shape index (κ1) is 20.9. The van der Waals surface area contributed by atoms with Crippen LogP contribution in [0.25, 0.3) is 10.9 Å². The number of oxazole rings is 1. The molecule has 0 saturated carbocycles. The summed E-state index contributed by atoms with van der Waals surface area (Å²) in [6.45, 7) is 0.511. The number of carbonyl (C=O) groups is 1. The van der Waals surface area contributed by atoms with Gasteiger partial charge in [0.15, 0.2) is 17.4 Å².